The third-order valence-corrected chi connectivity index (χ3v) is 8.20. The molecule has 0 spiro atoms. The molecule has 4 aliphatic rings. The predicted octanol–water partition coefficient (Wildman–Crippen LogP) is 2.64. The minimum atomic E-state index is -0.917. The number of ether oxygens (including phenoxy) is 4. The van der Waals surface area contributed by atoms with E-state index in [1.807, 2.05) is 6.92 Å². The quantitative estimate of drug-likeness (QED) is 0.526. The molecule has 1 N–H and O–H groups in total. The van der Waals surface area contributed by atoms with Gasteiger partial charge in [0.1, 0.15) is 17.8 Å². The van der Waals surface area contributed by atoms with Crippen molar-refractivity contribution in [1.82, 2.24) is 0 Å². The van der Waals surface area contributed by atoms with Crippen LogP contribution in [0.15, 0.2) is 12.2 Å². The second-order valence-corrected chi connectivity index (χ2v) is 10.4. The van der Waals surface area contributed by atoms with E-state index in [9.17, 15) is 14.7 Å². The van der Waals surface area contributed by atoms with Crippen molar-refractivity contribution in [2.75, 3.05) is 6.61 Å². The standard InChI is InChI=1S/C24H36O7/c1-11-8-18-21-20-16(7-12(2)22(21)30-15(5)26)13(3)10-28-24(6,23(20)31-18)19(9-17(11)27)29-14(4)25/h12-13,16-23,27H,1,7-10H2,2-6H3/t12-,13+,16+,17-,18?,19-,20+,21+,22-,23+,24+/m0/s1. The van der Waals surface area contributed by atoms with E-state index >= 15 is 0 Å². The molecular formula is C24H36O7. The van der Waals surface area contributed by atoms with E-state index in [1.54, 1.807) is 0 Å². The zero-order valence-electron chi connectivity index (χ0n) is 19.2. The zero-order chi connectivity index (χ0) is 22.7. The second kappa shape index (κ2) is 8.16. The van der Waals surface area contributed by atoms with E-state index in [1.165, 1.54) is 13.8 Å². The van der Waals surface area contributed by atoms with E-state index in [2.05, 4.69) is 20.4 Å². The van der Waals surface area contributed by atoms with Crippen LogP contribution in [0, 0.1) is 29.6 Å². The smallest absolute Gasteiger partial charge is 0.303 e. The molecular weight excluding hydrogens is 400 g/mol. The van der Waals surface area contributed by atoms with Gasteiger partial charge in [0.2, 0.25) is 0 Å². The van der Waals surface area contributed by atoms with Crippen molar-refractivity contribution in [2.24, 2.45) is 29.6 Å². The summed E-state index contributed by atoms with van der Waals surface area (Å²) in [7, 11) is 0. The minimum Gasteiger partial charge on any atom is -0.462 e. The Kier molecular flexibility index (Phi) is 5.99. The molecule has 2 bridgehead atoms. The molecule has 4 fully saturated rings. The molecule has 3 saturated heterocycles. The number of fused-ring (bicyclic) bond motifs is 2. The number of hydrogen-bond donors (Lipinski definition) is 1. The summed E-state index contributed by atoms with van der Waals surface area (Å²) < 4.78 is 24.8. The van der Waals surface area contributed by atoms with Crippen LogP contribution < -0.4 is 0 Å². The van der Waals surface area contributed by atoms with Crippen LogP contribution in [0.1, 0.15) is 53.9 Å². The molecule has 1 unspecified atom stereocenters. The van der Waals surface area contributed by atoms with Crippen molar-refractivity contribution >= 4 is 11.9 Å². The highest BCUT2D eigenvalue weighted by Gasteiger charge is 2.65. The third-order valence-electron chi connectivity index (χ3n) is 8.20. The molecule has 1 aliphatic carbocycles. The Balaban J connectivity index is 1.83. The van der Waals surface area contributed by atoms with Crippen LogP contribution in [-0.4, -0.2) is 59.8 Å². The SMILES string of the molecule is C=C1CC2O[C@@H]3[C@@H]4[C@H](C[C@H](C)[C@H](OC(C)=O)[C@H]24)[C@H](C)CO[C@]3(C)[C@@H](OC(C)=O)C[C@@H]1O. The van der Waals surface area contributed by atoms with Gasteiger partial charge in [0.05, 0.1) is 24.9 Å². The summed E-state index contributed by atoms with van der Waals surface area (Å²) in [5, 5.41) is 10.9. The van der Waals surface area contributed by atoms with Crippen LogP contribution in [0.2, 0.25) is 0 Å². The fourth-order valence-corrected chi connectivity index (χ4v) is 6.72. The molecule has 0 aromatic heterocycles. The highest BCUT2D eigenvalue weighted by molar-refractivity contribution is 5.66. The summed E-state index contributed by atoms with van der Waals surface area (Å²) in [5.41, 5.74) is -0.270. The maximum atomic E-state index is 12.0. The van der Waals surface area contributed by atoms with Gasteiger partial charge < -0.3 is 24.1 Å². The van der Waals surface area contributed by atoms with Gasteiger partial charge in [0.25, 0.3) is 0 Å². The van der Waals surface area contributed by atoms with Crippen LogP contribution in [-0.2, 0) is 28.5 Å². The van der Waals surface area contributed by atoms with Crippen molar-refractivity contribution < 1.29 is 33.6 Å². The number of esters is 2. The lowest BCUT2D eigenvalue weighted by Gasteiger charge is -2.47. The Labute approximate surface area is 184 Å². The number of carbonyl (C=O) groups excluding carboxylic acids is 2. The van der Waals surface area contributed by atoms with Gasteiger partial charge in [-0.1, -0.05) is 20.4 Å². The van der Waals surface area contributed by atoms with E-state index in [-0.39, 0.29) is 54.4 Å². The lowest BCUT2D eigenvalue weighted by Crippen LogP contribution is -2.57. The van der Waals surface area contributed by atoms with Crippen LogP contribution in [0.3, 0.4) is 0 Å². The molecule has 0 amide bonds. The molecule has 4 rings (SSSR count). The van der Waals surface area contributed by atoms with E-state index in [0.717, 1.165) is 6.42 Å². The summed E-state index contributed by atoms with van der Waals surface area (Å²) in [4.78, 5) is 23.9. The molecule has 0 aromatic carbocycles. The summed E-state index contributed by atoms with van der Waals surface area (Å²) in [6.07, 6.45) is -0.711. The van der Waals surface area contributed by atoms with Crippen molar-refractivity contribution in [2.45, 2.75) is 90.0 Å². The largest absolute Gasteiger partial charge is 0.462 e. The average Bonchev–Trinajstić information content (AvgIpc) is 3.02. The van der Waals surface area contributed by atoms with E-state index < -0.39 is 23.8 Å². The monoisotopic (exact) mass is 436 g/mol. The summed E-state index contributed by atoms with van der Waals surface area (Å²) in [6.45, 7) is 13.7. The van der Waals surface area contributed by atoms with Crippen LogP contribution >= 0.6 is 0 Å². The number of carbonyl (C=O) groups is 2. The topological polar surface area (TPSA) is 91.3 Å². The van der Waals surface area contributed by atoms with Crippen LogP contribution in [0.25, 0.3) is 0 Å². The fraction of sp³-hybridized carbons (Fsp3) is 0.833. The Morgan fingerprint density at radius 1 is 1.10 bits per heavy atom. The molecule has 7 nitrogen and oxygen atoms in total. The Bertz CT molecular complexity index is 750. The zero-order valence-corrected chi connectivity index (χ0v) is 19.2. The Morgan fingerprint density at radius 3 is 2.42 bits per heavy atom. The summed E-state index contributed by atoms with van der Waals surface area (Å²) in [6, 6.07) is 0. The van der Waals surface area contributed by atoms with Crippen LogP contribution in [0.4, 0.5) is 0 Å². The van der Waals surface area contributed by atoms with Crippen molar-refractivity contribution in [1.29, 1.82) is 0 Å². The summed E-state index contributed by atoms with van der Waals surface area (Å²) >= 11 is 0. The maximum Gasteiger partial charge on any atom is 0.303 e. The predicted molar refractivity (Wildman–Crippen MR) is 112 cm³/mol. The molecule has 174 valence electrons. The molecule has 7 heteroatoms. The molecule has 31 heavy (non-hydrogen) atoms. The first kappa shape index (κ1) is 22.7. The Morgan fingerprint density at radius 2 is 1.77 bits per heavy atom. The van der Waals surface area contributed by atoms with Gasteiger partial charge in [-0.3, -0.25) is 9.59 Å². The van der Waals surface area contributed by atoms with Crippen molar-refractivity contribution in [3.8, 4) is 0 Å². The van der Waals surface area contributed by atoms with Crippen LogP contribution in [0.5, 0.6) is 0 Å². The summed E-state index contributed by atoms with van der Waals surface area (Å²) in [5.74, 6) is 0.201. The van der Waals surface area contributed by atoms with E-state index in [4.69, 9.17) is 18.9 Å². The number of aliphatic hydroxyl groups excluding tert-OH is 1. The third kappa shape index (κ3) is 3.83. The van der Waals surface area contributed by atoms with Crippen molar-refractivity contribution in [3.05, 3.63) is 12.2 Å². The highest BCUT2D eigenvalue weighted by atomic mass is 16.6. The molecule has 11 atom stereocenters. The molecule has 0 radical (unpaired) electrons. The normalized spacial score (nSPS) is 49.3. The minimum absolute atomic E-state index is 0.0221. The maximum absolute atomic E-state index is 12.0. The second-order valence-electron chi connectivity index (χ2n) is 10.4. The first-order valence-corrected chi connectivity index (χ1v) is 11.5. The van der Waals surface area contributed by atoms with Crippen molar-refractivity contribution in [3.63, 3.8) is 0 Å². The first-order chi connectivity index (χ1) is 14.5. The molecule has 3 heterocycles. The lowest BCUT2D eigenvalue weighted by atomic mass is 9.59. The van der Waals surface area contributed by atoms with Gasteiger partial charge >= 0.3 is 11.9 Å². The fourth-order valence-electron chi connectivity index (χ4n) is 6.72. The first-order valence-electron chi connectivity index (χ1n) is 11.5. The number of hydrogen-bond acceptors (Lipinski definition) is 7. The van der Waals surface area contributed by atoms with Gasteiger partial charge in [-0.25, -0.2) is 0 Å². The lowest BCUT2D eigenvalue weighted by molar-refractivity contribution is -0.204. The molecule has 0 aromatic rings. The average molecular weight is 437 g/mol. The van der Waals surface area contributed by atoms with Gasteiger partial charge in [0.15, 0.2) is 0 Å². The Hall–Kier alpha value is -1.44. The van der Waals surface area contributed by atoms with Gasteiger partial charge in [-0.15, -0.1) is 0 Å². The molecule has 3 aliphatic heterocycles. The van der Waals surface area contributed by atoms with Gasteiger partial charge in [0, 0.05) is 32.1 Å². The number of aliphatic hydroxyl groups is 1. The van der Waals surface area contributed by atoms with E-state index in [0.29, 0.717) is 24.5 Å². The highest BCUT2D eigenvalue weighted by Crippen LogP contribution is 2.58. The molecule has 1 saturated carbocycles. The van der Waals surface area contributed by atoms with Gasteiger partial charge in [-0.2, -0.15) is 0 Å². The van der Waals surface area contributed by atoms with Gasteiger partial charge in [-0.05, 0) is 43.1 Å². The number of rotatable bonds is 2.